The predicted octanol–water partition coefficient (Wildman–Crippen LogP) is 2.96. The van der Waals surface area contributed by atoms with Gasteiger partial charge in [-0.15, -0.1) is 0 Å². The third-order valence-electron chi connectivity index (χ3n) is 5.98. The topological polar surface area (TPSA) is 82.6 Å². The third-order valence-corrected chi connectivity index (χ3v) is 5.98. The van der Waals surface area contributed by atoms with Crippen LogP contribution in [0.2, 0.25) is 0 Å². The number of likely N-dealkylation sites (tertiary alicyclic amines) is 1. The Balaban J connectivity index is 1.61. The molecule has 2 aliphatic rings. The summed E-state index contributed by atoms with van der Waals surface area (Å²) < 4.78 is 5.28. The third kappa shape index (κ3) is 2.83. The average molecular weight is 356 g/mol. The van der Waals surface area contributed by atoms with E-state index in [1.165, 1.54) is 0 Å². The summed E-state index contributed by atoms with van der Waals surface area (Å²) in [5.41, 5.74) is 1.83. The molecule has 1 saturated carbocycles. The molecule has 2 aromatic rings. The molecule has 1 aromatic carbocycles. The van der Waals surface area contributed by atoms with Gasteiger partial charge in [0.2, 0.25) is 5.91 Å². The number of carboxylic acids is 1. The van der Waals surface area contributed by atoms with E-state index in [-0.39, 0.29) is 18.4 Å². The first-order valence-electron chi connectivity index (χ1n) is 9.26. The molecule has 138 valence electrons. The lowest BCUT2D eigenvalue weighted by molar-refractivity contribution is -0.149. The number of aliphatic carboxylic acids is 1. The van der Waals surface area contributed by atoms with Crippen molar-refractivity contribution >= 4 is 22.8 Å². The SMILES string of the molecule is COc1ccc2[nH]cc(CC(=O)N3C(C(=O)O)CC4CCCCC43)c2c1. The Bertz CT molecular complexity index is 843. The Morgan fingerprint density at radius 2 is 2.12 bits per heavy atom. The van der Waals surface area contributed by atoms with E-state index in [1.54, 1.807) is 12.0 Å². The summed E-state index contributed by atoms with van der Waals surface area (Å²) in [5.74, 6) is 0.100. The number of ether oxygens (including phenoxy) is 1. The van der Waals surface area contributed by atoms with E-state index in [0.29, 0.717) is 12.3 Å². The molecule has 1 aromatic heterocycles. The number of aromatic nitrogens is 1. The second-order valence-electron chi connectivity index (χ2n) is 7.40. The van der Waals surface area contributed by atoms with Crippen molar-refractivity contribution in [3.8, 4) is 5.75 Å². The van der Waals surface area contributed by atoms with Crippen LogP contribution >= 0.6 is 0 Å². The monoisotopic (exact) mass is 356 g/mol. The van der Waals surface area contributed by atoms with Crippen molar-refractivity contribution in [1.29, 1.82) is 0 Å². The minimum absolute atomic E-state index is 0.0806. The molecule has 1 saturated heterocycles. The van der Waals surface area contributed by atoms with E-state index in [2.05, 4.69) is 4.98 Å². The number of H-pyrrole nitrogens is 1. The summed E-state index contributed by atoms with van der Waals surface area (Å²) in [7, 11) is 1.61. The first-order chi connectivity index (χ1) is 12.6. The average Bonchev–Trinajstić information content (AvgIpc) is 3.22. The number of hydrogen-bond acceptors (Lipinski definition) is 3. The minimum atomic E-state index is -0.881. The van der Waals surface area contributed by atoms with Gasteiger partial charge >= 0.3 is 5.97 Å². The van der Waals surface area contributed by atoms with E-state index in [4.69, 9.17) is 4.74 Å². The van der Waals surface area contributed by atoms with Crippen LogP contribution in [0, 0.1) is 5.92 Å². The lowest BCUT2D eigenvalue weighted by Gasteiger charge is -2.33. The van der Waals surface area contributed by atoms with Crippen LogP contribution in [0.5, 0.6) is 5.75 Å². The molecule has 26 heavy (non-hydrogen) atoms. The summed E-state index contributed by atoms with van der Waals surface area (Å²) in [4.78, 5) is 29.7. The number of aromatic amines is 1. The predicted molar refractivity (Wildman–Crippen MR) is 97.2 cm³/mol. The number of rotatable bonds is 4. The Kier molecular flexibility index (Phi) is 4.34. The number of carbonyl (C=O) groups is 2. The summed E-state index contributed by atoms with van der Waals surface area (Å²) in [6, 6.07) is 5.11. The molecular formula is C20H24N2O4. The fourth-order valence-corrected chi connectivity index (χ4v) is 4.72. The fraction of sp³-hybridized carbons (Fsp3) is 0.500. The fourth-order valence-electron chi connectivity index (χ4n) is 4.72. The Labute approximate surface area is 152 Å². The van der Waals surface area contributed by atoms with Gasteiger partial charge in [-0.1, -0.05) is 12.8 Å². The molecule has 4 rings (SSSR count). The van der Waals surface area contributed by atoms with Crippen LogP contribution in [-0.4, -0.2) is 46.1 Å². The zero-order valence-corrected chi connectivity index (χ0v) is 14.9. The van der Waals surface area contributed by atoms with Gasteiger partial charge in [0, 0.05) is 23.1 Å². The maximum Gasteiger partial charge on any atom is 0.326 e. The van der Waals surface area contributed by atoms with Crippen LogP contribution in [0.4, 0.5) is 0 Å². The second-order valence-corrected chi connectivity index (χ2v) is 7.40. The molecule has 3 unspecified atom stereocenters. The van der Waals surface area contributed by atoms with Crippen LogP contribution < -0.4 is 4.74 Å². The molecule has 2 N–H and O–H groups in total. The number of methoxy groups -OCH3 is 1. The van der Waals surface area contributed by atoms with Gasteiger partial charge in [0.1, 0.15) is 11.8 Å². The number of benzene rings is 1. The highest BCUT2D eigenvalue weighted by atomic mass is 16.5. The van der Waals surface area contributed by atoms with Gasteiger partial charge in [-0.25, -0.2) is 4.79 Å². The number of amides is 1. The van der Waals surface area contributed by atoms with Crippen LogP contribution in [0.15, 0.2) is 24.4 Å². The zero-order chi connectivity index (χ0) is 18.3. The molecule has 2 heterocycles. The summed E-state index contributed by atoms with van der Waals surface area (Å²) in [6.07, 6.45) is 6.80. The summed E-state index contributed by atoms with van der Waals surface area (Å²) in [6.45, 7) is 0. The van der Waals surface area contributed by atoms with E-state index in [0.717, 1.165) is 47.9 Å². The Morgan fingerprint density at radius 3 is 2.88 bits per heavy atom. The standard InChI is InChI=1S/C20H24N2O4/c1-26-14-6-7-16-15(10-14)13(11-21-16)9-19(23)22-17-5-3-2-4-12(17)8-18(22)20(24)25/h6-7,10-12,17-18,21H,2-5,8-9H2,1H3,(H,24,25). The normalized spacial score (nSPS) is 25.3. The van der Waals surface area contributed by atoms with Gasteiger partial charge in [0.05, 0.1) is 13.5 Å². The molecule has 1 aliphatic heterocycles. The van der Waals surface area contributed by atoms with Gasteiger partial charge in [0.15, 0.2) is 0 Å². The van der Waals surface area contributed by atoms with Gasteiger partial charge in [-0.3, -0.25) is 4.79 Å². The van der Waals surface area contributed by atoms with Crippen molar-refractivity contribution < 1.29 is 19.4 Å². The van der Waals surface area contributed by atoms with Gasteiger partial charge in [-0.05, 0) is 48.9 Å². The molecule has 6 heteroatoms. The summed E-state index contributed by atoms with van der Waals surface area (Å²) in [5, 5.41) is 10.6. The maximum atomic E-state index is 13.1. The second kappa shape index (κ2) is 6.67. The molecule has 0 radical (unpaired) electrons. The lowest BCUT2D eigenvalue weighted by atomic mass is 9.84. The number of nitrogens with zero attached hydrogens (tertiary/aromatic N) is 1. The number of carboxylic acid groups (broad SMARTS) is 1. The minimum Gasteiger partial charge on any atom is -0.497 e. The molecular weight excluding hydrogens is 332 g/mol. The highest BCUT2D eigenvalue weighted by molar-refractivity contribution is 5.91. The number of nitrogens with one attached hydrogen (secondary N) is 1. The number of fused-ring (bicyclic) bond motifs is 2. The molecule has 1 aliphatic carbocycles. The van der Waals surface area contributed by atoms with Gasteiger partial charge in [0.25, 0.3) is 0 Å². The molecule has 3 atom stereocenters. The quantitative estimate of drug-likeness (QED) is 0.882. The van der Waals surface area contributed by atoms with Crippen LogP contribution in [0.25, 0.3) is 10.9 Å². The molecule has 6 nitrogen and oxygen atoms in total. The number of carbonyl (C=O) groups excluding carboxylic acids is 1. The largest absolute Gasteiger partial charge is 0.497 e. The van der Waals surface area contributed by atoms with Crippen molar-refractivity contribution in [2.24, 2.45) is 5.92 Å². The Morgan fingerprint density at radius 1 is 1.31 bits per heavy atom. The van der Waals surface area contributed by atoms with Gasteiger partial charge in [-0.2, -0.15) is 0 Å². The smallest absolute Gasteiger partial charge is 0.326 e. The number of hydrogen-bond donors (Lipinski definition) is 2. The van der Waals surface area contributed by atoms with E-state index >= 15 is 0 Å². The molecule has 0 spiro atoms. The first kappa shape index (κ1) is 16.9. The molecule has 0 bridgehead atoms. The van der Waals surface area contributed by atoms with Crippen molar-refractivity contribution in [2.75, 3.05) is 7.11 Å². The molecule has 2 fully saturated rings. The maximum absolute atomic E-state index is 13.1. The Hall–Kier alpha value is -2.50. The zero-order valence-electron chi connectivity index (χ0n) is 14.9. The summed E-state index contributed by atoms with van der Waals surface area (Å²) >= 11 is 0. The van der Waals surface area contributed by atoms with Crippen LogP contribution in [-0.2, 0) is 16.0 Å². The highest BCUT2D eigenvalue weighted by Gasteiger charge is 2.47. The van der Waals surface area contributed by atoms with Crippen LogP contribution in [0.1, 0.15) is 37.7 Å². The highest BCUT2D eigenvalue weighted by Crippen LogP contribution is 2.40. The van der Waals surface area contributed by atoms with Crippen LogP contribution in [0.3, 0.4) is 0 Å². The first-order valence-corrected chi connectivity index (χ1v) is 9.26. The van der Waals surface area contributed by atoms with E-state index in [9.17, 15) is 14.7 Å². The van der Waals surface area contributed by atoms with E-state index < -0.39 is 12.0 Å². The lowest BCUT2D eigenvalue weighted by Crippen LogP contribution is -2.46. The van der Waals surface area contributed by atoms with Crippen molar-refractivity contribution in [1.82, 2.24) is 9.88 Å². The van der Waals surface area contributed by atoms with Crippen molar-refractivity contribution in [2.45, 2.75) is 50.6 Å². The van der Waals surface area contributed by atoms with Crippen molar-refractivity contribution in [3.63, 3.8) is 0 Å². The van der Waals surface area contributed by atoms with Crippen molar-refractivity contribution in [3.05, 3.63) is 30.0 Å². The molecule has 1 amide bonds. The van der Waals surface area contributed by atoms with Gasteiger partial charge < -0.3 is 19.7 Å². The van der Waals surface area contributed by atoms with E-state index in [1.807, 2.05) is 24.4 Å².